The van der Waals surface area contributed by atoms with Gasteiger partial charge in [-0.1, -0.05) is 31.2 Å². The summed E-state index contributed by atoms with van der Waals surface area (Å²) in [6, 6.07) is 8.51. The van der Waals surface area contributed by atoms with Crippen LogP contribution in [-0.4, -0.2) is 59.6 Å². The largest absolute Gasteiger partial charge is 0.395 e. The van der Waals surface area contributed by atoms with Crippen molar-refractivity contribution >= 4 is 5.91 Å². The third-order valence-electron chi connectivity index (χ3n) is 4.73. The van der Waals surface area contributed by atoms with Crippen molar-refractivity contribution in [3.8, 4) is 0 Å². The van der Waals surface area contributed by atoms with Crippen LogP contribution >= 0.6 is 0 Å². The highest BCUT2D eigenvalue weighted by molar-refractivity contribution is 5.76. The van der Waals surface area contributed by atoms with Gasteiger partial charge in [0.2, 0.25) is 5.91 Å². The molecule has 1 aliphatic rings. The highest BCUT2D eigenvalue weighted by Crippen LogP contribution is 2.13. The van der Waals surface area contributed by atoms with Gasteiger partial charge in [-0.2, -0.15) is 0 Å². The van der Waals surface area contributed by atoms with Gasteiger partial charge in [-0.25, -0.2) is 0 Å². The Morgan fingerprint density at radius 2 is 1.91 bits per heavy atom. The van der Waals surface area contributed by atoms with Crippen molar-refractivity contribution in [2.75, 3.05) is 32.8 Å². The molecule has 0 aromatic heterocycles. The van der Waals surface area contributed by atoms with Gasteiger partial charge in [-0.15, -0.1) is 0 Å². The molecular formula is C18H28N2O2. The average Bonchev–Trinajstić information content (AvgIpc) is 2.55. The molecule has 0 spiro atoms. The molecule has 1 aromatic carbocycles. The quantitative estimate of drug-likeness (QED) is 0.872. The number of rotatable bonds is 6. The van der Waals surface area contributed by atoms with Crippen molar-refractivity contribution in [1.82, 2.24) is 9.80 Å². The van der Waals surface area contributed by atoms with Crippen LogP contribution in [0.25, 0.3) is 0 Å². The van der Waals surface area contributed by atoms with E-state index in [-0.39, 0.29) is 18.6 Å². The summed E-state index contributed by atoms with van der Waals surface area (Å²) in [7, 11) is 0. The lowest BCUT2D eigenvalue weighted by atomic mass is 10.0. The molecule has 1 fully saturated rings. The van der Waals surface area contributed by atoms with E-state index in [1.165, 1.54) is 11.1 Å². The lowest BCUT2D eigenvalue weighted by Crippen LogP contribution is -2.52. The second-order valence-corrected chi connectivity index (χ2v) is 6.09. The average molecular weight is 304 g/mol. The standard InChI is InChI=1S/C18H28N2O2/c1-3-17(14-21)19-10-12-20(13-11-19)18(22)9-8-16-7-5-4-6-15(16)2/h4-7,17,21H,3,8-14H2,1-2H3. The minimum atomic E-state index is 0.206. The molecule has 22 heavy (non-hydrogen) atoms. The third kappa shape index (κ3) is 4.31. The molecule has 0 aliphatic carbocycles. The van der Waals surface area contributed by atoms with Crippen LogP contribution in [-0.2, 0) is 11.2 Å². The lowest BCUT2D eigenvalue weighted by molar-refractivity contribution is -0.133. The van der Waals surface area contributed by atoms with E-state index in [0.29, 0.717) is 6.42 Å². The fraction of sp³-hybridized carbons (Fsp3) is 0.611. The van der Waals surface area contributed by atoms with Crippen LogP contribution in [0.1, 0.15) is 30.9 Å². The Bertz CT molecular complexity index is 478. The van der Waals surface area contributed by atoms with Crippen LogP contribution in [0.5, 0.6) is 0 Å². The molecule has 4 heteroatoms. The van der Waals surface area contributed by atoms with E-state index in [0.717, 1.165) is 39.0 Å². The molecule has 122 valence electrons. The predicted octanol–water partition coefficient (Wildman–Crippen LogP) is 1.84. The molecule has 0 saturated carbocycles. The van der Waals surface area contributed by atoms with Crippen LogP contribution in [0.2, 0.25) is 0 Å². The summed E-state index contributed by atoms with van der Waals surface area (Å²) in [6.45, 7) is 7.70. The number of piperazine rings is 1. The zero-order valence-electron chi connectivity index (χ0n) is 13.8. The molecule has 4 nitrogen and oxygen atoms in total. The van der Waals surface area contributed by atoms with Crippen molar-refractivity contribution in [3.05, 3.63) is 35.4 Å². The summed E-state index contributed by atoms with van der Waals surface area (Å²) < 4.78 is 0. The molecule has 1 amide bonds. The first kappa shape index (κ1) is 17.0. The molecule has 1 atom stereocenters. The first-order valence-electron chi connectivity index (χ1n) is 8.33. The maximum atomic E-state index is 12.4. The summed E-state index contributed by atoms with van der Waals surface area (Å²) in [5.74, 6) is 0.250. The molecule has 0 bridgehead atoms. The van der Waals surface area contributed by atoms with Crippen LogP contribution in [0.15, 0.2) is 24.3 Å². The van der Waals surface area contributed by atoms with Crippen molar-refractivity contribution in [2.45, 2.75) is 39.2 Å². The van der Waals surface area contributed by atoms with Crippen LogP contribution in [0.4, 0.5) is 0 Å². The predicted molar refractivity (Wildman–Crippen MR) is 88.8 cm³/mol. The maximum Gasteiger partial charge on any atom is 0.222 e. The van der Waals surface area contributed by atoms with Gasteiger partial charge in [0.15, 0.2) is 0 Å². The summed E-state index contributed by atoms with van der Waals surface area (Å²) in [4.78, 5) is 16.6. The van der Waals surface area contributed by atoms with Crippen molar-refractivity contribution < 1.29 is 9.90 Å². The molecule has 1 saturated heterocycles. The summed E-state index contributed by atoms with van der Waals surface area (Å²) in [5.41, 5.74) is 2.52. The summed E-state index contributed by atoms with van der Waals surface area (Å²) in [6.07, 6.45) is 2.36. The fourth-order valence-corrected chi connectivity index (χ4v) is 3.13. The number of carbonyl (C=O) groups is 1. The highest BCUT2D eigenvalue weighted by Gasteiger charge is 2.24. The molecule has 2 rings (SSSR count). The molecule has 1 aliphatic heterocycles. The lowest BCUT2D eigenvalue weighted by Gasteiger charge is -2.38. The van der Waals surface area contributed by atoms with Gasteiger partial charge in [0.25, 0.3) is 0 Å². The molecule has 1 heterocycles. The zero-order chi connectivity index (χ0) is 15.9. The molecule has 1 aromatic rings. The minimum Gasteiger partial charge on any atom is -0.395 e. The Kier molecular flexibility index (Phi) is 6.40. The van der Waals surface area contributed by atoms with Gasteiger partial charge in [0, 0.05) is 38.6 Å². The van der Waals surface area contributed by atoms with E-state index in [1.807, 2.05) is 17.0 Å². The number of carbonyl (C=O) groups excluding carboxylic acids is 1. The van der Waals surface area contributed by atoms with E-state index in [1.54, 1.807) is 0 Å². The highest BCUT2D eigenvalue weighted by atomic mass is 16.3. The van der Waals surface area contributed by atoms with Crippen molar-refractivity contribution in [3.63, 3.8) is 0 Å². The van der Waals surface area contributed by atoms with E-state index < -0.39 is 0 Å². The van der Waals surface area contributed by atoms with E-state index in [9.17, 15) is 9.90 Å². The van der Waals surface area contributed by atoms with Crippen LogP contribution in [0.3, 0.4) is 0 Å². The Labute approximate surface area is 133 Å². The normalized spacial score (nSPS) is 17.5. The van der Waals surface area contributed by atoms with Crippen molar-refractivity contribution in [1.29, 1.82) is 0 Å². The van der Waals surface area contributed by atoms with Gasteiger partial charge in [-0.05, 0) is 30.9 Å². The number of hydrogen-bond acceptors (Lipinski definition) is 3. The Morgan fingerprint density at radius 1 is 1.23 bits per heavy atom. The van der Waals surface area contributed by atoms with E-state index >= 15 is 0 Å². The van der Waals surface area contributed by atoms with Crippen LogP contribution < -0.4 is 0 Å². The monoisotopic (exact) mass is 304 g/mol. The second kappa shape index (κ2) is 8.30. The maximum absolute atomic E-state index is 12.4. The number of nitrogens with zero attached hydrogens (tertiary/aromatic N) is 2. The molecule has 0 radical (unpaired) electrons. The summed E-state index contributed by atoms with van der Waals surface area (Å²) in [5, 5.41) is 9.37. The number of benzene rings is 1. The number of aliphatic hydroxyl groups is 1. The molecular weight excluding hydrogens is 276 g/mol. The van der Waals surface area contributed by atoms with Crippen molar-refractivity contribution in [2.24, 2.45) is 0 Å². The number of aryl methyl sites for hydroxylation is 2. The third-order valence-corrected chi connectivity index (χ3v) is 4.73. The Balaban J connectivity index is 1.79. The second-order valence-electron chi connectivity index (χ2n) is 6.09. The Hall–Kier alpha value is -1.39. The first-order valence-corrected chi connectivity index (χ1v) is 8.33. The minimum absolute atomic E-state index is 0.206. The first-order chi connectivity index (χ1) is 10.7. The van der Waals surface area contributed by atoms with Gasteiger partial charge < -0.3 is 10.0 Å². The molecule has 1 N–H and O–H groups in total. The number of amides is 1. The summed E-state index contributed by atoms with van der Waals surface area (Å²) >= 11 is 0. The zero-order valence-corrected chi connectivity index (χ0v) is 13.8. The Morgan fingerprint density at radius 3 is 2.50 bits per heavy atom. The topological polar surface area (TPSA) is 43.8 Å². The fourth-order valence-electron chi connectivity index (χ4n) is 3.13. The van der Waals surface area contributed by atoms with Gasteiger partial charge in [0.1, 0.15) is 0 Å². The van der Waals surface area contributed by atoms with Gasteiger partial charge in [0.05, 0.1) is 6.61 Å². The number of aliphatic hydroxyl groups excluding tert-OH is 1. The van der Waals surface area contributed by atoms with E-state index in [2.05, 4.69) is 30.9 Å². The smallest absolute Gasteiger partial charge is 0.222 e. The SMILES string of the molecule is CCC(CO)N1CCN(C(=O)CCc2ccccc2C)CC1. The van der Waals surface area contributed by atoms with Crippen LogP contribution in [0, 0.1) is 6.92 Å². The van der Waals surface area contributed by atoms with E-state index in [4.69, 9.17) is 0 Å². The molecule has 1 unspecified atom stereocenters. The van der Waals surface area contributed by atoms with Gasteiger partial charge >= 0.3 is 0 Å². The number of hydrogen-bond donors (Lipinski definition) is 1. The van der Waals surface area contributed by atoms with Gasteiger partial charge in [-0.3, -0.25) is 9.69 Å².